The Bertz CT molecular complexity index is 189. The predicted octanol–water partition coefficient (Wildman–Crippen LogP) is 2.36. The summed E-state index contributed by atoms with van der Waals surface area (Å²) in [7, 11) is 0. The fourth-order valence-electron chi connectivity index (χ4n) is 1.01. The highest BCUT2D eigenvalue weighted by Crippen LogP contribution is 2.16. The molecule has 0 bridgehead atoms. The molecule has 13 heavy (non-hydrogen) atoms. The third-order valence-electron chi connectivity index (χ3n) is 2.40. The van der Waals surface area contributed by atoms with Crippen molar-refractivity contribution in [1.82, 2.24) is 5.32 Å². The van der Waals surface area contributed by atoms with Crippen LogP contribution >= 0.6 is 11.8 Å². The lowest BCUT2D eigenvalue weighted by Gasteiger charge is -2.23. The lowest BCUT2D eigenvalue weighted by Crippen LogP contribution is -2.36. The number of thioether (sulfide) groups is 1. The Kier molecular flexibility index (Phi) is 4.10. The first-order valence-corrected chi connectivity index (χ1v) is 6.02. The molecule has 76 valence electrons. The average molecular weight is 200 g/mol. The number of hydrogen-bond donors (Lipinski definition) is 1. The molecule has 1 aliphatic heterocycles. The van der Waals surface area contributed by atoms with E-state index >= 15 is 0 Å². The van der Waals surface area contributed by atoms with Crippen molar-refractivity contribution in [3.8, 4) is 0 Å². The Morgan fingerprint density at radius 3 is 2.62 bits per heavy atom. The van der Waals surface area contributed by atoms with Gasteiger partial charge in [-0.1, -0.05) is 32.5 Å². The smallest absolute Gasteiger partial charge is 0.156 e. The quantitative estimate of drug-likeness (QED) is 0.740. The van der Waals surface area contributed by atoms with E-state index in [0.717, 1.165) is 17.6 Å². The van der Waals surface area contributed by atoms with E-state index in [9.17, 15) is 0 Å². The molecule has 0 amide bonds. The van der Waals surface area contributed by atoms with Crippen LogP contribution in [-0.2, 0) is 0 Å². The van der Waals surface area contributed by atoms with Crippen molar-refractivity contribution in [3.63, 3.8) is 0 Å². The molecule has 1 heterocycles. The monoisotopic (exact) mass is 200 g/mol. The van der Waals surface area contributed by atoms with Crippen molar-refractivity contribution in [2.45, 2.75) is 33.7 Å². The maximum Gasteiger partial charge on any atom is 0.156 e. The summed E-state index contributed by atoms with van der Waals surface area (Å²) < 4.78 is 0. The zero-order valence-electron chi connectivity index (χ0n) is 9.00. The number of rotatable bonds is 2. The second kappa shape index (κ2) is 4.89. The van der Waals surface area contributed by atoms with E-state index in [1.54, 1.807) is 0 Å². The molecule has 1 aliphatic rings. The molecule has 1 rings (SSSR count). The SMILES string of the molecule is CC1CN=C(NC(C)C(C)C)SC1. The van der Waals surface area contributed by atoms with Crippen LogP contribution in [0.5, 0.6) is 0 Å². The van der Waals surface area contributed by atoms with Gasteiger partial charge in [0, 0.05) is 18.3 Å². The van der Waals surface area contributed by atoms with Crippen molar-refractivity contribution in [1.29, 1.82) is 0 Å². The average Bonchev–Trinajstić information content (AvgIpc) is 2.08. The summed E-state index contributed by atoms with van der Waals surface area (Å²) in [5.74, 6) is 2.61. The van der Waals surface area contributed by atoms with Gasteiger partial charge in [-0.05, 0) is 18.8 Å². The molecule has 2 unspecified atom stereocenters. The zero-order chi connectivity index (χ0) is 9.84. The Balaban J connectivity index is 2.37. The van der Waals surface area contributed by atoms with Gasteiger partial charge in [0.25, 0.3) is 0 Å². The first-order chi connectivity index (χ1) is 6.09. The minimum Gasteiger partial charge on any atom is -0.362 e. The fraction of sp³-hybridized carbons (Fsp3) is 0.900. The normalized spacial score (nSPS) is 25.6. The maximum absolute atomic E-state index is 4.50. The number of amidine groups is 1. The van der Waals surface area contributed by atoms with Gasteiger partial charge in [0.15, 0.2) is 5.17 Å². The van der Waals surface area contributed by atoms with Gasteiger partial charge in [-0.3, -0.25) is 4.99 Å². The van der Waals surface area contributed by atoms with Crippen LogP contribution in [0.1, 0.15) is 27.7 Å². The molecular formula is C10H20N2S. The highest BCUT2D eigenvalue weighted by atomic mass is 32.2. The Hall–Kier alpha value is -0.180. The Morgan fingerprint density at radius 2 is 2.15 bits per heavy atom. The number of hydrogen-bond acceptors (Lipinski definition) is 3. The topological polar surface area (TPSA) is 24.4 Å². The largest absolute Gasteiger partial charge is 0.362 e. The van der Waals surface area contributed by atoms with Gasteiger partial charge in [-0.2, -0.15) is 0 Å². The van der Waals surface area contributed by atoms with Crippen LogP contribution in [0.4, 0.5) is 0 Å². The molecule has 0 aromatic carbocycles. The molecule has 2 nitrogen and oxygen atoms in total. The van der Waals surface area contributed by atoms with Crippen molar-refractivity contribution >= 4 is 16.9 Å². The molecule has 0 spiro atoms. The van der Waals surface area contributed by atoms with Crippen LogP contribution in [0.2, 0.25) is 0 Å². The van der Waals surface area contributed by atoms with Gasteiger partial charge >= 0.3 is 0 Å². The van der Waals surface area contributed by atoms with Crippen molar-refractivity contribution in [3.05, 3.63) is 0 Å². The third-order valence-corrected chi connectivity index (χ3v) is 3.66. The second-order valence-corrected chi connectivity index (χ2v) is 5.25. The molecule has 2 atom stereocenters. The van der Waals surface area contributed by atoms with Crippen LogP contribution in [0.3, 0.4) is 0 Å². The summed E-state index contributed by atoms with van der Waals surface area (Å²) in [6.45, 7) is 9.91. The first-order valence-electron chi connectivity index (χ1n) is 5.03. The van der Waals surface area contributed by atoms with Crippen LogP contribution in [0, 0.1) is 11.8 Å². The number of nitrogens with one attached hydrogen (secondary N) is 1. The van der Waals surface area contributed by atoms with Gasteiger partial charge in [0.1, 0.15) is 0 Å². The fourth-order valence-corrected chi connectivity index (χ4v) is 1.99. The van der Waals surface area contributed by atoms with Crippen LogP contribution < -0.4 is 5.32 Å². The number of aliphatic imine (C=N–C) groups is 1. The third kappa shape index (κ3) is 3.59. The molecule has 0 aliphatic carbocycles. The lowest BCUT2D eigenvalue weighted by atomic mass is 10.1. The van der Waals surface area contributed by atoms with Gasteiger partial charge in [0.05, 0.1) is 0 Å². The predicted molar refractivity (Wildman–Crippen MR) is 61.4 cm³/mol. The van der Waals surface area contributed by atoms with Crippen LogP contribution in [0.15, 0.2) is 4.99 Å². The van der Waals surface area contributed by atoms with E-state index in [2.05, 4.69) is 38.0 Å². The van der Waals surface area contributed by atoms with Gasteiger partial charge in [0.2, 0.25) is 0 Å². The summed E-state index contributed by atoms with van der Waals surface area (Å²) >= 11 is 1.86. The summed E-state index contributed by atoms with van der Waals surface area (Å²) in [6.07, 6.45) is 0. The Morgan fingerprint density at radius 1 is 1.46 bits per heavy atom. The first kappa shape index (κ1) is 10.9. The summed E-state index contributed by atoms with van der Waals surface area (Å²) in [5.41, 5.74) is 0. The van der Waals surface area contributed by atoms with E-state index in [-0.39, 0.29) is 0 Å². The zero-order valence-corrected chi connectivity index (χ0v) is 9.82. The Labute approximate surface area is 85.6 Å². The van der Waals surface area contributed by atoms with Gasteiger partial charge < -0.3 is 5.32 Å². The van der Waals surface area contributed by atoms with Crippen molar-refractivity contribution in [2.75, 3.05) is 12.3 Å². The maximum atomic E-state index is 4.50. The second-order valence-electron chi connectivity index (χ2n) is 4.24. The lowest BCUT2D eigenvalue weighted by molar-refractivity contribution is 0.488. The van der Waals surface area contributed by atoms with E-state index < -0.39 is 0 Å². The standard InChI is InChI=1S/C10H20N2S/c1-7(2)9(4)12-10-11-5-8(3)6-13-10/h7-9H,5-6H2,1-4H3,(H,11,12). The minimum absolute atomic E-state index is 0.527. The summed E-state index contributed by atoms with van der Waals surface area (Å²) in [5, 5.41) is 4.59. The molecule has 0 aromatic rings. The molecule has 0 radical (unpaired) electrons. The molecule has 3 heteroatoms. The highest BCUT2D eigenvalue weighted by molar-refractivity contribution is 8.13. The molecule has 0 fully saturated rings. The van der Waals surface area contributed by atoms with Crippen molar-refractivity contribution < 1.29 is 0 Å². The van der Waals surface area contributed by atoms with Gasteiger partial charge in [-0.15, -0.1) is 0 Å². The highest BCUT2D eigenvalue weighted by Gasteiger charge is 2.14. The molecule has 0 saturated carbocycles. The molecule has 0 saturated heterocycles. The summed E-state index contributed by atoms with van der Waals surface area (Å²) in [6, 6.07) is 0.527. The van der Waals surface area contributed by atoms with Gasteiger partial charge in [-0.25, -0.2) is 0 Å². The van der Waals surface area contributed by atoms with Crippen LogP contribution in [0.25, 0.3) is 0 Å². The number of nitrogens with zero attached hydrogens (tertiary/aromatic N) is 1. The molecular weight excluding hydrogens is 180 g/mol. The summed E-state index contributed by atoms with van der Waals surface area (Å²) in [4.78, 5) is 4.50. The molecule has 0 aromatic heterocycles. The van der Waals surface area contributed by atoms with Crippen molar-refractivity contribution in [2.24, 2.45) is 16.8 Å². The van der Waals surface area contributed by atoms with E-state index in [0.29, 0.717) is 12.0 Å². The minimum atomic E-state index is 0.527. The molecule has 1 N–H and O–H groups in total. The van der Waals surface area contributed by atoms with E-state index in [4.69, 9.17) is 0 Å². The van der Waals surface area contributed by atoms with E-state index in [1.807, 2.05) is 11.8 Å². The van der Waals surface area contributed by atoms with Crippen LogP contribution in [-0.4, -0.2) is 23.5 Å². The van der Waals surface area contributed by atoms with E-state index in [1.165, 1.54) is 5.75 Å².